The number of hydrogen-bond acceptors (Lipinski definition) is 3. The first-order valence-electron chi connectivity index (χ1n) is 10.1. The number of Topliss-reactive ketones (excluding diaryl/α,β-unsaturated/α-hetero) is 1. The Balaban J connectivity index is 0.00000225. The summed E-state index contributed by atoms with van der Waals surface area (Å²) >= 11 is 12.3. The van der Waals surface area contributed by atoms with E-state index in [2.05, 4.69) is 4.90 Å². The second-order valence-electron chi connectivity index (χ2n) is 8.08. The first-order chi connectivity index (χ1) is 13.0. The number of rotatable bonds is 3. The average molecular weight is 446 g/mol. The van der Waals surface area contributed by atoms with Gasteiger partial charge in [0, 0.05) is 31.1 Å². The van der Waals surface area contributed by atoms with E-state index in [1.54, 1.807) is 12.1 Å². The van der Waals surface area contributed by atoms with Crippen molar-refractivity contribution in [1.29, 1.82) is 0 Å². The minimum Gasteiger partial charge on any atom is -0.338 e. The molecule has 0 radical (unpaired) electrons. The monoisotopic (exact) mass is 444 g/mol. The smallest absolute Gasteiger partial charge is 0.230 e. The lowest BCUT2D eigenvalue weighted by atomic mass is 9.95. The van der Waals surface area contributed by atoms with E-state index in [1.807, 2.05) is 4.90 Å². The first kappa shape index (κ1) is 21.9. The molecule has 0 aromatic heterocycles. The summed E-state index contributed by atoms with van der Waals surface area (Å²) < 4.78 is 0. The van der Waals surface area contributed by atoms with E-state index < -0.39 is 5.92 Å². The molecule has 0 spiro atoms. The summed E-state index contributed by atoms with van der Waals surface area (Å²) in [5, 5.41) is 0.782. The highest BCUT2D eigenvalue weighted by Crippen LogP contribution is 2.39. The molecule has 2 unspecified atom stereocenters. The van der Waals surface area contributed by atoms with E-state index in [0.29, 0.717) is 15.6 Å². The lowest BCUT2D eigenvalue weighted by Crippen LogP contribution is -2.51. The van der Waals surface area contributed by atoms with Crippen LogP contribution in [-0.4, -0.2) is 53.7 Å². The Bertz CT molecular complexity index is 749. The Morgan fingerprint density at radius 3 is 2.43 bits per heavy atom. The average Bonchev–Trinajstić information content (AvgIpc) is 2.99. The molecule has 1 aromatic rings. The Labute approximate surface area is 182 Å². The second kappa shape index (κ2) is 9.34. The molecule has 0 bridgehead atoms. The third-order valence-corrected chi connectivity index (χ3v) is 7.01. The van der Waals surface area contributed by atoms with Gasteiger partial charge in [-0.25, -0.2) is 0 Å². The highest BCUT2D eigenvalue weighted by Gasteiger charge is 2.40. The van der Waals surface area contributed by atoms with Gasteiger partial charge >= 0.3 is 0 Å². The van der Waals surface area contributed by atoms with Crippen molar-refractivity contribution in [3.63, 3.8) is 0 Å². The number of benzene rings is 1. The number of hydrogen-bond donors (Lipinski definition) is 0. The number of nitrogens with zero attached hydrogens (tertiary/aromatic N) is 2. The molecule has 2 saturated heterocycles. The molecule has 7 heteroatoms. The van der Waals surface area contributed by atoms with Crippen LogP contribution in [-0.2, 0) is 4.79 Å². The zero-order valence-electron chi connectivity index (χ0n) is 16.0. The molecule has 154 valence electrons. The van der Waals surface area contributed by atoms with Gasteiger partial charge in [-0.2, -0.15) is 0 Å². The van der Waals surface area contributed by atoms with Gasteiger partial charge in [0.15, 0.2) is 5.78 Å². The van der Waals surface area contributed by atoms with E-state index >= 15 is 0 Å². The molecular weight excluding hydrogens is 419 g/mol. The molecule has 1 aliphatic carbocycles. The molecule has 3 aliphatic rings. The zero-order valence-corrected chi connectivity index (χ0v) is 18.3. The first-order valence-corrected chi connectivity index (χ1v) is 10.8. The van der Waals surface area contributed by atoms with Crippen molar-refractivity contribution in [1.82, 2.24) is 9.80 Å². The number of carbonyl (C=O) groups is 2. The molecule has 0 saturated carbocycles. The minimum atomic E-state index is -0.413. The summed E-state index contributed by atoms with van der Waals surface area (Å²) in [6.07, 6.45) is 7.32. The predicted molar refractivity (Wildman–Crippen MR) is 115 cm³/mol. The van der Waals surface area contributed by atoms with Crippen molar-refractivity contribution in [3.05, 3.63) is 33.3 Å². The highest BCUT2D eigenvalue weighted by atomic mass is 35.5. The van der Waals surface area contributed by atoms with Crippen LogP contribution in [0.4, 0.5) is 0 Å². The fourth-order valence-electron chi connectivity index (χ4n) is 4.84. The van der Waals surface area contributed by atoms with Crippen molar-refractivity contribution < 1.29 is 9.59 Å². The Morgan fingerprint density at radius 2 is 1.68 bits per heavy atom. The van der Waals surface area contributed by atoms with E-state index in [-0.39, 0.29) is 36.6 Å². The second-order valence-corrected chi connectivity index (χ2v) is 8.89. The van der Waals surface area contributed by atoms with E-state index in [4.69, 9.17) is 23.2 Å². The summed E-state index contributed by atoms with van der Waals surface area (Å²) in [5.41, 5.74) is 1.31. The van der Waals surface area contributed by atoms with Gasteiger partial charge in [0.05, 0.1) is 16.0 Å². The van der Waals surface area contributed by atoms with Crippen molar-refractivity contribution in [2.75, 3.05) is 26.2 Å². The van der Waals surface area contributed by atoms with Crippen LogP contribution < -0.4 is 0 Å². The Morgan fingerprint density at radius 1 is 1.00 bits per heavy atom. The van der Waals surface area contributed by atoms with E-state index in [0.717, 1.165) is 44.6 Å². The van der Waals surface area contributed by atoms with Crippen molar-refractivity contribution in [2.24, 2.45) is 0 Å². The lowest BCUT2D eigenvalue weighted by molar-refractivity contribution is -0.137. The van der Waals surface area contributed by atoms with Gasteiger partial charge in [-0.15, -0.1) is 12.4 Å². The van der Waals surface area contributed by atoms with Gasteiger partial charge in [-0.05, 0) is 62.9 Å². The number of likely N-dealkylation sites (tertiary alicyclic amines) is 2. The summed E-state index contributed by atoms with van der Waals surface area (Å²) in [5.74, 6) is -0.335. The Hall–Kier alpha value is -0.810. The summed E-state index contributed by atoms with van der Waals surface area (Å²) in [6.45, 7) is 4.02. The van der Waals surface area contributed by atoms with Crippen LogP contribution in [0.5, 0.6) is 0 Å². The maximum absolute atomic E-state index is 13.4. The molecule has 2 fully saturated rings. The largest absolute Gasteiger partial charge is 0.338 e. The number of fused-ring (bicyclic) bond motifs is 1. The fourth-order valence-corrected chi connectivity index (χ4v) is 5.17. The predicted octanol–water partition coefficient (Wildman–Crippen LogP) is 4.95. The molecule has 4 rings (SSSR count). The fraction of sp³-hybridized carbons (Fsp3) is 0.619. The third kappa shape index (κ3) is 4.35. The molecule has 28 heavy (non-hydrogen) atoms. The number of piperidine rings is 2. The molecule has 2 heterocycles. The normalized spacial score (nSPS) is 25.4. The van der Waals surface area contributed by atoms with Crippen molar-refractivity contribution in [3.8, 4) is 0 Å². The third-order valence-electron chi connectivity index (χ3n) is 6.28. The van der Waals surface area contributed by atoms with Crippen LogP contribution in [0.15, 0.2) is 12.1 Å². The number of carbonyl (C=O) groups excluding carboxylic acids is 2. The molecule has 2 atom stereocenters. The van der Waals surface area contributed by atoms with Crippen LogP contribution in [0.3, 0.4) is 0 Å². The quantitative estimate of drug-likeness (QED) is 0.661. The van der Waals surface area contributed by atoms with Gasteiger partial charge in [0.25, 0.3) is 0 Å². The summed E-state index contributed by atoms with van der Waals surface area (Å²) in [6, 6.07) is 3.60. The maximum atomic E-state index is 13.4. The van der Waals surface area contributed by atoms with Gasteiger partial charge in [-0.3, -0.25) is 9.59 Å². The molecule has 2 aliphatic heterocycles. The highest BCUT2D eigenvalue weighted by molar-refractivity contribution is 6.42. The molecule has 1 aromatic carbocycles. The standard InChI is InChI=1S/C21H26Cl2N2O2.ClH/c22-18-10-15-16(11-19(18)23)20(26)12-17(15)21(27)25-9-5-2-6-14(25)13-24-7-3-1-4-8-24;/h10-11,14,17H,1-9,12-13H2;1H. The van der Waals surface area contributed by atoms with Crippen molar-refractivity contribution >= 4 is 47.3 Å². The minimum absolute atomic E-state index is 0. The van der Waals surface area contributed by atoms with Gasteiger partial charge in [-0.1, -0.05) is 29.6 Å². The van der Waals surface area contributed by atoms with Crippen molar-refractivity contribution in [2.45, 2.75) is 56.9 Å². The number of amides is 1. The number of halogens is 3. The van der Waals surface area contributed by atoms with Crippen LogP contribution >= 0.6 is 35.6 Å². The van der Waals surface area contributed by atoms with Gasteiger partial charge in [0.2, 0.25) is 5.91 Å². The van der Waals surface area contributed by atoms with Crippen LogP contribution in [0.2, 0.25) is 10.0 Å². The van der Waals surface area contributed by atoms with Crippen LogP contribution in [0, 0.1) is 0 Å². The van der Waals surface area contributed by atoms with Crippen LogP contribution in [0.1, 0.15) is 66.8 Å². The number of ketones is 1. The van der Waals surface area contributed by atoms with Gasteiger partial charge in [0.1, 0.15) is 0 Å². The van der Waals surface area contributed by atoms with Crippen LogP contribution in [0.25, 0.3) is 0 Å². The zero-order chi connectivity index (χ0) is 19.0. The molecule has 4 nitrogen and oxygen atoms in total. The van der Waals surface area contributed by atoms with E-state index in [1.165, 1.54) is 25.7 Å². The molecular formula is C21H27Cl3N2O2. The summed E-state index contributed by atoms with van der Waals surface area (Å²) in [4.78, 5) is 30.4. The molecule has 1 amide bonds. The molecule has 0 N–H and O–H groups in total. The SMILES string of the molecule is Cl.O=C1CC(C(=O)N2CCCCC2CN2CCCCC2)c2cc(Cl)c(Cl)cc21. The summed E-state index contributed by atoms with van der Waals surface area (Å²) in [7, 11) is 0. The lowest BCUT2D eigenvalue weighted by Gasteiger charge is -2.40. The van der Waals surface area contributed by atoms with E-state index in [9.17, 15) is 9.59 Å². The van der Waals surface area contributed by atoms with Gasteiger partial charge < -0.3 is 9.80 Å². The Kier molecular flexibility index (Phi) is 7.30. The maximum Gasteiger partial charge on any atom is 0.230 e. The topological polar surface area (TPSA) is 40.6 Å².